The molecule has 0 spiro atoms. The summed E-state index contributed by atoms with van der Waals surface area (Å²) in [7, 11) is 0. The van der Waals surface area contributed by atoms with Crippen LogP contribution in [-0.2, 0) is 0 Å². The third-order valence-electron chi connectivity index (χ3n) is 1.52. The summed E-state index contributed by atoms with van der Waals surface area (Å²) >= 11 is 5.33. The van der Waals surface area contributed by atoms with E-state index in [0.717, 1.165) is 18.2 Å². The van der Waals surface area contributed by atoms with Crippen molar-refractivity contribution in [2.75, 3.05) is 0 Å². The molecule has 1 atom stereocenters. The van der Waals surface area contributed by atoms with Crippen LogP contribution in [0, 0.1) is 5.82 Å². The van der Waals surface area contributed by atoms with E-state index in [-0.39, 0.29) is 10.6 Å². The van der Waals surface area contributed by atoms with Crippen molar-refractivity contribution in [1.29, 1.82) is 0 Å². The van der Waals surface area contributed by atoms with Crippen LogP contribution in [0.25, 0.3) is 0 Å². The summed E-state index contributed by atoms with van der Waals surface area (Å²) in [6.45, 7) is 0. The Morgan fingerprint density at radius 2 is 1.92 bits per heavy atom. The van der Waals surface area contributed by atoms with Crippen LogP contribution < -0.4 is 0 Å². The fourth-order valence-corrected chi connectivity index (χ4v) is 1.03. The van der Waals surface area contributed by atoms with Crippen molar-refractivity contribution < 1.29 is 18.3 Å². The molecule has 1 nitrogen and oxygen atoms in total. The highest BCUT2D eigenvalue weighted by Crippen LogP contribution is 2.24. The van der Waals surface area contributed by atoms with Gasteiger partial charge in [-0.3, -0.25) is 0 Å². The summed E-state index contributed by atoms with van der Waals surface area (Å²) in [5.41, 5.74) is -0.0959. The largest absolute Gasteiger partial charge is 0.382 e. The van der Waals surface area contributed by atoms with Gasteiger partial charge in [0.1, 0.15) is 11.9 Å². The predicted molar refractivity (Wildman–Crippen MR) is 42.4 cm³/mol. The topological polar surface area (TPSA) is 20.2 Å². The molecule has 72 valence electrons. The van der Waals surface area contributed by atoms with Crippen LogP contribution in [0.2, 0.25) is 5.02 Å². The Morgan fingerprint density at radius 1 is 1.31 bits per heavy atom. The molecule has 0 radical (unpaired) electrons. The Hall–Kier alpha value is -0.740. The lowest BCUT2D eigenvalue weighted by atomic mass is 10.1. The summed E-state index contributed by atoms with van der Waals surface area (Å²) in [6, 6.07) is 2.98. The van der Waals surface area contributed by atoms with Crippen molar-refractivity contribution >= 4 is 11.6 Å². The van der Waals surface area contributed by atoms with Crippen LogP contribution in [0.4, 0.5) is 13.2 Å². The summed E-state index contributed by atoms with van der Waals surface area (Å²) in [5, 5.41) is 8.60. The quantitative estimate of drug-likeness (QED) is 0.796. The van der Waals surface area contributed by atoms with E-state index in [0.29, 0.717) is 0 Å². The zero-order valence-electron chi connectivity index (χ0n) is 6.35. The van der Waals surface area contributed by atoms with Crippen molar-refractivity contribution in [1.82, 2.24) is 0 Å². The van der Waals surface area contributed by atoms with Gasteiger partial charge in [-0.1, -0.05) is 17.7 Å². The number of halogens is 4. The van der Waals surface area contributed by atoms with Crippen LogP contribution in [0.1, 0.15) is 11.7 Å². The maximum absolute atomic E-state index is 12.6. The van der Waals surface area contributed by atoms with Crippen LogP contribution in [-0.4, -0.2) is 11.5 Å². The van der Waals surface area contributed by atoms with Gasteiger partial charge in [0.05, 0.1) is 5.02 Å². The molecule has 0 aliphatic carbocycles. The van der Waals surface area contributed by atoms with Crippen molar-refractivity contribution in [3.8, 4) is 0 Å². The van der Waals surface area contributed by atoms with E-state index in [4.69, 9.17) is 16.7 Å². The molecule has 1 N–H and O–H groups in total. The van der Waals surface area contributed by atoms with E-state index in [1.54, 1.807) is 0 Å². The number of aliphatic hydroxyl groups excluding tert-OH is 1. The van der Waals surface area contributed by atoms with E-state index in [1.807, 2.05) is 0 Å². The lowest BCUT2D eigenvalue weighted by Crippen LogP contribution is -2.07. The molecule has 1 aromatic rings. The minimum absolute atomic E-state index is 0.0959. The highest BCUT2D eigenvalue weighted by atomic mass is 35.5. The normalized spacial score (nSPS) is 13.4. The summed E-state index contributed by atoms with van der Waals surface area (Å²) in [4.78, 5) is 0. The van der Waals surface area contributed by atoms with Gasteiger partial charge in [0.25, 0.3) is 6.43 Å². The molecule has 0 aliphatic rings. The Kier molecular flexibility index (Phi) is 3.17. The van der Waals surface area contributed by atoms with Crippen molar-refractivity contribution in [3.05, 3.63) is 34.6 Å². The highest BCUT2D eigenvalue weighted by molar-refractivity contribution is 6.30. The number of hydrogen-bond acceptors (Lipinski definition) is 1. The lowest BCUT2D eigenvalue weighted by Gasteiger charge is -2.09. The van der Waals surface area contributed by atoms with Crippen LogP contribution in [0.5, 0.6) is 0 Å². The maximum Gasteiger partial charge on any atom is 0.268 e. The van der Waals surface area contributed by atoms with Crippen molar-refractivity contribution in [2.24, 2.45) is 0 Å². The van der Waals surface area contributed by atoms with E-state index >= 15 is 0 Å². The van der Waals surface area contributed by atoms with Gasteiger partial charge in [0.15, 0.2) is 0 Å². The molecule has 0 saturated carbocycles. The Bertz CT molecular complexity index is 303. The first-order valence-corrected chi connectivity index (χ1v) is 3.81. The lowest BCUT2D eigenvalue weighted by molar-refractivity contribution is -0.00580. The van der Waals surface area contributed by atoms with Gasteiger partial charge >= 0.3 is 0 Å². The first-order valence-electron chi connectivity index (χ1n) is 3.43. The first-order chi connectivity index (χ1) is 6.02. The van der Waals surface area contributed by atoms with E-state index < -0.39 is 18.3 Å². The Labute approximate surface area is 77.8 Å². The monoisotopic (exact) mass is 210 g/mol. The molecule has 0 amide bonds. The molecule has 1 unspecified atom stereocenters. The molecule has 0 bridgehead atoms. The van der Waals surface area contributed by atoms with Gasteiger partial charge in [-0.05, 0) is 17.7 Å². The molecule has 1 aromatic carbocycles. The number of hydrogen-bond donors (Lipinski definition) is 1. The van der Waals surface area contributed by atoms with E-state index in [9.17, 15) is 13.2 Å². The van der Waals surface area contributed by atoms with Crippen LogP contribution in [0.15, 0.2) is 18.2 Å². The van der Waals surface area contributed by atoms with Crippen LogP contribution >= 0.6 is 11.6 Å². The minimum Gasteiger partial charge on any atom is -0.382 e. The third-order valence-corrected chi connectivity index (χ3v) is 1.81. The predicted octanol–water partition coefficient (Wildman–Crippen LogP) is 2.78. The molecule has 1 rings (SSSR count). The SMILES string of the molecule is OC(c1ccc(F)c(Cl)c1)C(F)F. The minimum atomic E-state index is -2.90. The third kappa shape index (κ3) is 2.35. The van der Waals surface area contributed by atoms with Gasteiger partial charge < -0.3 is 5.11 Å². The van der Waals surface area contributed by atoms with Crippen molar-refractivity contribution in [2.45, 2.75) is 12.5 Å². The Balaban J connectivity index is 2.97. The fraction of sp³-hybridized carbons (Fsp3) is 0.250. The van der Waals surface area contributed by atoms with Gasteiger partial charge in [-0.2, -0.15) is 0 Å². The smallest absolute Gasteiger partial charge is 0.268 e. The highest BCUT2D eigenvalue weighted by Gasteiger charge is 2.19. The number of alkyl halides is 2. The zero-order chi connectivity index (χ0) is 10.0. The second-order valence-corrected chi connectivity index (χ2v) is 2.86. The average Bonchev–Trinajstić information content (AvgIpc) is 2.08. The summed E-state index contributed by atoms with van der Waals surface area (Å²) < 4.78 is 36.5. The number of aliphatic hydroxyl groups is 1. The van der Waals surface area contributed by atoms with Gasteiger partial charge in [0, 0.05) is 0 Å². The molecular formula is C8H6ClF3O. The fourth-order valence-electron chi connectivity index (χ4n) is 0.842. The van der Waals surface area contributed by atoms with Crippen molar-refractivity contribution in [3.63, 3.8) is 0 Å². The Morgan fingerprint density at radius 3 is 2.38 bits per heavy atom. The molecular weight excluding hydrogens is 205 g/mol. The van der Waals surface area contributed by atoms with E-state index in [2.05, 4.69) is 0 Å². The molecule has 5 heteroatoms. The molecule has 0 aliphatic heterocycles. The zero-order valence-corrected chi connectivity index (χ0v) is 7.10. The number of benzene rings is 1. The summed E-state index contributed by atoms with van der Waals surface area (Å²) in [6.07, 6.45) is -4.82. The molecule has 0 saturated heterocycles. The maximum atomic E-state index is 12.6. The van der Waals surface area contributed by atoms with Gasteiger partial charge in [-0.15, -0.1) is 0 Å². The summed E-state index contributed by atoms with van der Waals surface area (Å²) in [5.74, 6) is -0.702. The molecule has 0 heterocycles. The molecule has 0 fully saturated rings. The standard InChI is InChI=1S/C8H6ClF3O/c9-5-3-4(1-2-6(5)10)7(13)8(11)12/h1-3,7-8,13H. The van der Waals surface area contributed by atoms with Gasteiger partial charge in [0.2, 0.25) is 0 Å². The van der Waals surface area contributed by atoms with E-state index in [1.165, 1.54) is 0 Å². The van der Waals surface area contributed by atoms with Gasteiger partial charge in [-0.25, -0.2) is 13.2 Å². The van der Waals surface area contributed by atoms with Crippen LogP contribution in [0.3, 0.4) is 0 Å². The molecule has 0 aromatic heterocycles. The average molecular weight is 211 g/mol. The number of rotatable bonds is 2. The molecule has 13 heavy (non-hydrogen) atoms. The second-order valence-electron chi connectivity index (χ2n) is 2.45. The second kappa shape index (κ2) is 3.98. The first kappa shape index (κ1) is 10.3.